The van der Waals surface area contributed by atoms with E-state index in [1.165, 1.54) is 0 Å². The van der Waals surface area contributed by atoms with Gasteiger partial charge in [0.05, 0.1) is 10.6 Å². The number of hydrogen-bond acceptors (Lipinski definition) is 4. The summed E-state index contributed by atoms with van der Waals surface area (Å²) < 4.78 is 5.65. The van der Waals surface area contributed by atoms with E-state index < -0.39 is 11.8 Å². The van der Waals surface area contributed by atoms with Crippen molar-refractivity contribution in [2.75, 3.05) is 6.61 Å². The Labute approximate surface area is 184 Å². The monoisotopic (exact) mass is 439 g/mol. The summed E-state index contributed by atoms with van der Waals surface area (Å²) in [5, 5.41) is 2.67. The molecule has 0 bridgehead atoms. The van der Waals surface area contributed by atoms with E-state index >= 15 is 0 Å². The van der Waals surface area contributed by atoms with Crippen LogP contribution in [0.5, 0.6) is 5.75 Å². The number of amides is 2. The Morgan fingerprint density at radius 2 is 1.53 bits per heavy atom. The largest absolute Gasteiger partial charge is 0.483 e. The number of rotatable bonds is 5. The summed E-state index contributed by atoms with van der Waals surface area (Å²) in [4.78, 5) is 24.2. The minimum absolute atomic E-state index is 0.0713. The van der Waals surface area contributed by atoms with Crippen molar-refractivity contribution in [3.8, 4) is 16.9 Å². The van der Waals surface area contributed by atoms with Crippen molar-refractivity contribution in [3.05, 3.63) is 89.4 Å². The normalized spacial score (nSPS) is 10.0. The fraction of sp³-hybridized carbons (Fsp3) is 0.0455. The fourth-order valence-corrected chi connectivity index (χ4v) is 2.97. The van der Waals surface area contributed by atoms with E-state index in [4.69, 9.17) is 28.6 Å². The van der Waals surface area contributed by atoms with Gasteiger partial charge in [0.1, 0.15) is 5.75 Å². The van der Waals surface area contributed by atoms with Gasteiger partial charge in [-0.15, -0.1) is 0 Å². The van der Waals surface area contributed by atoms with Gasteiger partial charge in [-0.05, 0) is 36.0 Å². The minimum Gasteiger partial charge on any atom is -0.483 e. The van der Waals surface area contributed by atoms with Gasteiger partial charge in [-0.2, -0.15) is 0 Å². The lowest BCUT2D eigenvalue weighted by atomic mass is 10.1. The van der Waals surface area contributed by atoms with E-state index in [9.17, 15) is 9.59 Å². The Hall–Kier alpha value is -3.42. The summed E-state index contributed by atoms with van der Waals surface area (Å²) in [7, 11) is 0. The van der Waals surface area contributed by atoms with Crippen LogP contribution in [0.1, 0.15) is 10.4 Å². The summed E-state index contributed by atoms with van der Waals surface area (Å²) in [6.07, 6.45) is 0. The van der Waals surface area contributed by atoms with Gasteiger partial charge in [-0.3, -0.25) is 25.8 Å². The first-order valence-corrected chi connectivity index (χ1v) is 9.75. The van der Waals surface area contributed by atoms with E-state index in [2.05, 4.69) is 16.2 Å². The van der Waals surface area contributed by atoms with Crippen molar-refractivity contribution in [3.63, 3.8) is 0 Å². The number of thiocarbonyl (C=S) groups is 1. The molecule has 30 heavy (non-hydrogen) atoms. The molecule has 0 saturated carbocycles. The zero-order valence-electron chi connectivity index (χ0n) is 15.7. The van der Waals surface area contributed by atoms with Crippen molar-refractivity contribution >= 4 is 40.7 Å². The first-order valence-electron chi connectivity index (χ1n) is 8.96. The maximum absolute atomic E-state index is 12.1. The number of carbonyl (C=O) groups excluding carboxylic acids is 2. The van der Waals surface area contributed by atoms with Gasteiger partial charge in [0.2, 0.25) is 0 Å². The highest BCUT2D eigenvalue weighted by molar-refractivity contribution is 7.80. The van der Waals surface area contributed by atoms with Gasteiger partial charge in [-0.1, -0.05) is 72.3 Å². The molecule has 0 aliphatic rings. The molecule has 2 amide bonds. The summed E-state index contributed by atoms with van der Waals surface area (Å²) >= 11 is 11.0. The van der Waals surface area contributed by atoms with Crippen molar-refractivity contribution < 1.29 is 14.3 Å². The third kappa shape index (κ3) is 5.79. The molecule has 0 saturated heterocycles. The molecule has 0 aliphatic heterocycles. The van der Waals surface area contributed by atoms with Crippen LogP contribution < -0.4 is 20.9 Å². The molecule has 8 heteroatoms. The number of halogens is 1. The van der Waals surface area contributed by atoms with Crippen molar-refractivity contribution in [2.45, 2.75) is 0 Å². The zero-order chi connectivity index (χ0) is 21.3. The summed E-state index contributed by atoms with van der Waals surface area (Å²) in [5.41, 5.74) is 6.97. The summed E-state index contributed by atoms with van der Waals surface area (Å²) in [6.45, 7) is -0.238. The molecule has 0 aliphatic carbocycles. The van der Waals surface area contributed by atoms with Crippen LogP contribution in [-0.2, 0) is 4.79 Å². The SMILES string of the molecule is O=C(COc1ccccc1-c1ccccc1)NNC(=S)NC(=O)c1ccccc1Cl. The van der Waals surface area contributed by atoms with E-state index in [1.54, 1.807) is 30.3 Å². The molecule has 0 unspecified atom stereocenters. The number of hydrazine groups is 1. The van der Waals surface area contributed by atoms with Crippen LogP contribution in [0, 0.1) is 0 Å². The van der Waals surface area contributed by atoms with Crippen molar-refractivity contribution in [1.82, 2.24) is 16.2 Å². The summed E-state index contributed by atoms with van der Waals surface area (Å²) in [6, 6.07) is 23.7. The lowest BCUT2D eigenvalue weighted by molar-refractivity contribution is -0.123. The third-order valence-corrected chi connectivity index (χ3v) is 4.53. The maximum atomic E-state index is 12.1. The Balaban J connectivity index is 1.50. The van der Waals surface area contributed by atoms with Crippen LogP contribution in [0.25, 0.3) is 11.1 Å². The Bertz CT molecular complexity index is 1060. The number of hydrogen-bond donors (Lipinski definition) is 3. The van der Waals surface area contributed by atoms with Crippen LogP contribution in [0.3, 0.4) is 0 Å². The van der Waals surface area contributed by atoms with E-state index in [1.807, 2.05) is 48.5 Å². The minimum atomic E-state index is -0.486. The smallest absolute Gasteiger partial charge is 0.276 e. The number of ether oxygens (including phenoxy) is 1. The topological polar surface area (TPSA) is 79.5 Å². The van der Waals surface area contributed by atoms with Gasteiger partial charge in [0.15, 0.2) is 11.7 Å². The summed E-state index contributed by atoms with van der Waals surface area (Å²) in [5.74, 6) is -0.374. The van der Waals surface area contributed by atoms with Crippen molar-refractivity contribution in [2.24, 2.45) is 0 Å². The lowest BCUT2D eigenvalue weighted by Crippen LogP contribution is -2.49. The van der Waals surface area contributed by atoms with Gasteiger partial charge in [0.25, 0.3) is 11.8 Å². The van der Waals surface area contributed by atoms with Gasteiger partial charge >= 0.3 is 0 Å². The molecule has 0 atom stereocenters. The average molecular weight is 440 g/mol. The molecular weight excluding hydrogens is 422 g/mol. The predicted molar refractivity (Wildman–Crippen MR) is 120 cm³/mol. The predicted octanol–water partition coefficient (Wildman–Crippen LogP) is 3.72. The highest BCUT2D eigenvalue weighted by Gasteiger charge is 2.12. The number of nitrogens with one attached hydrogen (secondary N) is 3. The molecule has 0 spiro atoms. The molecule has 0 radical (unpaired) electrons. The van der Waals surface area contributed by atoms with Crippen LogP contribution >= 0.6 is 23.8 Å². The zero-order valence-corrected chi connectivity index (χ0v) is 17.3. The Morgan fingerprint density at radius 1 is 0.867 bits per heavy atom. The second-order valence-electron chi connectivity index (χ2n) is 6.09. The lowest BCUT2D eigenvalue weighted by Gasteiger charge is -2.13. The standard InChI is InChI=1S/C22H18ClN3O3S/c23-18-12-6-4-11-17(18)21(28)24-22(30)26-25-20(27)14-29-19-13-7-5-10-16(19)15-8-2-1-3-9-15/h1-13H,14H2,(H,25,27)(H2,24,26,28,30). The average Bonchev–Trinajstić information content (AvgIpc) is 2.77. The molecule has 0 heterocycles. The number of carbonyl (C=O) groups is 2. The van der Waals surface area contributed by atoms with Crippen LogP contribution in [0.15, 0.2) is 78.9 Å². The highest BCUT2D eigenvalue weighted by Crippen LogP contribution is 2.29. The molecular formula is C22H18ClN3O3S. The second kappa shape index (κ2) is 10.4. The molecule has 3 aromatic carbocycles. The van der Waals surface area contributed by atoms with Crippen LogP contribution in [0.4, 0.5) is 0 Å². The van der Waals surface area contributed by atoms with Crippen LogP contribution in [0.2, 0.25) is 5.02 Å². The number of benzene rings is 3. The van der Waals surface area contributed by atoms with Gasteiger partial charge in [-0.25, -0.2) is 0 Å². The second-order valence-corrected chi connectivity index (χ2v) is 6.90. The molecule has 3 rings (SSSR count). The van der Waals surface area contributed by atoms with Gasteiger partial charge < -0.3 is 4.74 Å². The maximum Gasteiger partial charge on any atom is 0.276 e. The molecule has 0 aromatic heterocycles. The van der Waals surface area contributed by atoms with E-state index in [0.29, 0.717) is 10.8 Å². The molecule has 6 nitrogen and oxygen atoms in total. The van der Waals surface area contributed by atoms with Gasteiger partial charge in [0, 0.05) is 5.56 Å². The number of para-hydroxylation sites is 1. The molecule has 152 valence electrons. The first-order chi connectivity index (χ1) is 14.5. The molecule has 3 N–H and O–H groups in total. The highest BCUT2D eigenvalue weighted by atomic mass is 35.5. The van der Waals surface area contributed by atoms with E-state index in [-0.39, 0.29) is 17.3 Å². The molecule has 3 aromatic rings. The Kier molecular flexibility index (Phi) is 7.37. The van der Waals surface area contributed by atoms with E-state index in [0.717, 1.165) is 11.1 Å². The van der Waals surface area contributed by atoms with Crippen LogP contribution in [-0.4, -0.2) is 23.5 Å². The quantitative estimate of drug-likeness (QED) is 0.417. The van der Waals surface area contributed by atoms with Crippen molar-refractivity contribution in [1.29, 1.82) is 0 Å². The first kappa shape index (κ1) is 21.3. The fourth-order valence-electron chi connectivity index (χ4n) is 2.60. The Morgan fingerprint density at radius 3 is 2.30 bits per heavy atom. The molecule has 0 fully saturated rings. The third-order valence-electron chi connectivity index (χ3n) is 3.99.